The summed E-state index contributed by atoms with van der Waals surface area (Å²) in [7, 11) is -5.02. The lowest BCUT2D eigenvalue weighted by Gasteiger charge is -2.33. The summed E-state index contributed by atoms with van der Waals surface area (Å²) in [6, 6.07) is 15.0. The van der Waals surface area contributed by atoms with E-state index in [0.717, 1.165) is 0 Å². The van der Waals surface area contributed by atoms with Crippen molar-refractivity contribution in [2.45, 2.75) is 11.3 Å². The van der Waals surface area contributed by atoms with Gasteiger partial charge < -0.3 is 21.4 Å². The van der Waals surface area contributed by atoms with Crippen LogP contribution in [-0.4, -0.2) is 23.2 Å². The molecule has 3 aromatic carbocycles. The fraction of sp³-hybridized carbons (Fsp3) is 0.0714. The zero-order chi connectivity index (χ0) is 27.9. The number of nitrogens with two attached hydrogens (primary N) is 1. The van der Waals surface area contributed by atoms with Crippen molar-refractivity contribution in [3.05, 3.63) is 119 Å². The Labute approximate surface area is 218 Å². The van der Waals surface area contributed by atoms with Crippen LogP contribution in [0, 0.1) is 15.8 Å². The maximum absolute atomic E-state index is 13.5. The van der Waals surface area contributed by atoms with Gasteiger partial charge in [0.1, 0.15) is 11.5 Å². The second-order valence-corrected chi connectivity index (χ2v) is 11.0. The number of nitrogens with zero attached hydrogens (tertiary/aromatic N) is 1. The molecule has 3 aromatic rings. The van der Waals surface area contributed by atoms with E-state index in [0.29, 0.717) is 0 Å². The van der Waals surface area contributed by atoms with Crippen LogP contribution in [0.3, 0.4) is 0 Å². The smallest absolute Gasteiger partial charge is 0.288 e. The lowest BCUT2D eigenvalue weighted by Crippen LogP contribution is -2.46. The molecule has 0 amide bonds. The molecular formula is C28H19N3O7S. The summed E-state index contributed by atoms with van der Waals surface area (Å²) in [6.07, 6.45) is 0.728. The Bertz CT molecular complexity index is 2340. The third kappa shape index (κ3) is 3.31. The van der Waals surface area contributed by atoms with E-state index >= 15 is 0 Å². The first-order valence-electron chi connectivity index (χ1n) is 11.7. The Morgan fingerprint density at radius 3 is 1.95 bits per heavy atom. The fourth-order valence-electron chi connectivity index (χ4n) is 5.28. The van der Waals surface area contributed by atoms with Crippen molar-refractivity contribution in [2.24, 2.45) is 10.7 Å². The summed E-state index contributed by atoms with van der Waals surface area (Å²) in [5, 5.41) is 30.9. The number of benzene rings is 3. The van der Waals surface area contributed by atoms with Crippen molar-refractivity contribution in [1.82, 2.24) is 0 Å². The largest absolute Gasteiger partial charge is 0.507 e. The fourth-order valence-corrected chi connectivity index (χ4v) is 6.03. The number of rotatable bonds is 2. The van der Waals surface area contributed by atoms with E-state index < -0.39 is 49.3 Å². The molecule has 3 aliphatic rings. The van der Waals surface area contributed by atoms with Gasteiger partial charge in [0.05, 0.1) is 32.4 Å². The van der Waals surface area contributed by atoms with Crippen molar-refractivity contribution in [3.63, 3.8) is 0 Å². The van der Waals surface area contributed by atoms with Gasteiger partial charge in [-0.3, -0.25) is 14.1 Å². The van der Waals surface area contributed by atoms with E-state index in [9.17, 15) is 32.8 Å². The predicted octanol–water partition coefficient (Wildman–Crippen LogP) is 1.55. The molecule has 0 aliphatic heterocycles. The van der Waals surface area contributed by atoms with E-state index in [1.165, 1.54) is 42.5 Å². The minimum absolute atomic E-state index is 0.00511. The number of nitrogens with one attached hydrogen (secondary N) is 1. The average molecular weight is 542 g/mol. The molecule has 3 aliphatic carbocycles. The molecule has 0 bridgehead atoms. The summed E-state index contributed by atoms with van der Waals surface area (Å²) in [6.45, 7) is 0. The van der Waals surface area contributed by atoms with Crippen LogP contribution in [0.1, 0.15) is 17.5 Å². The van der Waals surface area contributed by atoms with Gasteiger partial charge in [-0.1, -0.05) is 54.6 Å². The van der Waals surface area contributed by atoms with Gasteiger partial charge in [0.25, 0.3) is 10.1 Å². The standard InChI is InChI=1S/C28H19N3O7S/c29-17-9-10-18(21-20(17)24(32)13-5-1-2-6-14(13)25(21)33)31-19-11-12-28(30,39(36,37)38)23-22(19)26(34)15-7-3-4-8-16(15)27(23)35/h1-11,29,34-35H,12,30H2,(H,36,37,38). The first-order valence-corrected chi connectivity index (χ1v) is 13.1. The second kappa shape index (κ2) is 8.14. The summed E-state index contributed by atoms with van der Waals surface area (Å²) in [4.78, 5) is 28.8. The number of hydrogen-bond donors (Lipinski definition) is 5. The maximum Gasteiger partial charge on any atom is 0.288 e. The van der Waals surface area contributed by atoms with Crippen LogP contribution in [0.2, 0.25) is 0 Å². The van der Waals surface area contributed by atoms with E-state index in [1.54, 1.807) is 24.3 Å². The quantitative estimate of drug-likeness (QED) is 0.164. The third-order valence-corrected chi connectivity index (χ3v) is 8.49. The van der Waals surface area contributed by atoms with Crippen LogP contribution < -0.4 is 27.3 Å². The minimum Gasteiger partial charge on any atom is -0.507 e. The molecule has 6 N–H and O–H groups in total. The lowest BCUT2D eigenvalue weighted by atomic mass is 9.86. The molecule has 1 unspecified atom stereocenters. The van der Waals surface area contributed by atoms with Gasteiger partial charge in [0.15, 0.2) is 15.7 Å². The molecule has 194 valence electrons. The number of phenols is 2. The highest BCUT2D eigenvalue weighted by molar-refractivity contribution is 7.86. The SMILES string of the molecule is N=c1ccc(=NC2=CCC(N)(S(=O)(=O)O)c3c2c(O)c2ccccc2c3O)c2c(=O)c3ccccc3c(=O)c1=2. The normalized spacial score (nSPS) is 18.0. The topological polar surface area (TPSA) is 191 Å². The molecule has 0 spiro atoms. The van der Waals surface area contributed by atoms with Crippen LogP contribution in [0.4, 0.5) is 0 Å². The molecule has 6 rings (SSSR count). The summed E-state index contributed by atoms with van der Waals surface area (Å²) >= 11 is 0. The molecule has 0 saturated heterocycles. The molecule has 39 heavy (non-hydrogen) atoms. The summed E-state index contributed by atoms with van der Waals surface area (Å²) in [5.41, 5.74) is 4.37. The van der Waals surface area contributed by atoms with Gasteiger partial charge in [-0.25, -0.2) is 4.99 Å². The molecule has 10 nitrogen and oxygen atoms in total. The Balaban J connectivity index is 1.80. The van der Waals surface area contributed by atoms with E-state index in [1.807, 2.05) is 0 Å². The van der Waals surface area contributed by atoms with Gasteiger partial charge in [-0.15, -0.1) is 0 Å². The monoisotopic (exact) mass is 541 g/mol. The van der Waals surface area contributed by atoms with E-state index in [2.05, 4.69) is 4.99 Å². The number of aromatic hydroxyl groups is 2. The molecule has 0 fully saturated rings. The molecule has 0 saturated carbocycles. The van der Waals surface area contributed by atoms with E-state index in [4.69, 9.17) is 11.1 Å². The average Bonchev–Trinajstić information content (AvgIpc) is 2.91. The molecule has 1 atom stereocenters. The first-order chi connectivity index (χ1) is 18.5. The van der Waals surface area contributed by atoms with Crippen molar-refractivity contribution in [1.29, 1.82) is 5.41 Å². The number of phenolic OH excluding ortho intramolecular Hbond substituents is 2. The van der Waals surface area contributed by atoms with Gasteiger partial charge in [0.2, 0.25) is 0 Å². The van der Waals surface area contributed by atoms with Crippen molar-refractivity contribution >= 4 is 37.4 Å². The molecule has 11 heteroatoms. The van der Waals surface area contributed by atoms with Crippen LogP contribution in [-0.2, 0) is 15.0 Å². The van der Waals surface area contributed by atoms with Crippen molar-refractivity contribution in [2.75, 3.05) is 0 Å². The van der Waals surface area contributed by atoms with Gasteiger partial charge in [-0.05, 0) is 12.1 Å². The van der Waals surface area contributed by atoms with Crippen LogP contribution in [0.15, 0.2) is 81.3 Å². The molecular weight excluding hydrogens is 522 g/mol. The first kappa shape index (κ1) is 24.6. The maximum atomic E-state index is 13.5. The zero-order valence-corrected chi connectivity index (χ0v) is 20.8. The Morgan fingerprint density at radius 2 is 1.36 bits per heavy atom. The third-order valence-electron chi connectivity index (χ3n) is 7.19. The Kier molecular flexibility index (Phi) is 5.14. The molecule has 0 radical (unpaired) electrons. The van der Waals surface area contributed by atoms with E-state index in [-0.39, 0.29) is 54.0 Å². The van der Waals surface area contributed by atoms with Crippen molar-refractivity contribution in [3.8, 4) is 11.5 Å². The van der Waals surface area contributed by atoms with Crippen LogP contribution >= 0.6 is 0 Å². The zero-order valence-electron chi connectivity index (χ0n) is 20.0. The molecule has 0 heterocycles. The van der Waals surface area contributed by atoms with Crippen molar-refractivity contribution < 1.29 is 23.2 Å². The van der Waals surface area contributed by atoms with Crippen LogP contribution in [0.25, 0.3) is 27.2 Å². The van der Waals surface area contributed by atoms with Crippen LogP contribution in [0.5, 0.6) is 11.5 Å². The minimum atomic E-state index is -5.02. The number of hydrogen-bond acceptors (Lipinski definition) is 9. The lowest BCUT2D eigenvalue weighted by molar-refractivity contribution is 0.407. The summed E-state index contributed by atoms with van der Waals surface area (Å²) < 4.78 is 34.9. The summed E-state index contributed by atoms with van der Waals surface area (Å²) in [5.74, 6) is -1.02. The Morgan fingerprint density at radius 1 is 0.821 bits per heavy atom. The second-order valence-electron chi connectivity index (χ2n) is 9.35. The van der Waals surface area contributed by atoms with Gasteiger partial charge >= 0.3 is 0 Å². The highest BCUT2D eigenvalue weighted by Crippen LogP contribution is 2.51. The predicted molar refractivity (Wildman–Crippen MR) is 143 cm³/mol. The highest BCUT2D eigenvalue weighted by atomic mass is 32.2. The highest BCUT2D eigenvalue weighted by Gasteiger charge is 2.48. The van der Waals surface area contributed by atoms with Gasteiger partial charge in [-0.2, -0.15) is 8.42 Å². The molecule has 0 aromatic heterocycles. The van der Waals surface area contributed by atoms with Gasteiger partial charge in [0, 0.05) is 33.5 Å². The Hall–Kier alpha value is -4.71. The number of fused-ring (bicyclic) bond motifs is 3.